The molecule has 88 valence electrons. The fourth-order valence-electron chi connectivity index (χ4n) is 0.616. The minimum Gasteiger partial charge on any atom is -0.394 e. The number of aliphatic hydroxyl groups is 2. The fourth-order valence-corrected chi connectivity index (χ4v) is 0.616. The summed E-state index contributed by atoms with van der Waals surface area (Å²) in [6, 6.07) is 0. The van der Waals surface area contributed by atoms with Crippen molar-refractivity contribution in [1.29, 1.82) is 0 Å². The second kappa shape index (κ2) is 12.8. The van der Waals surface area contributed by atoms with Gasteiger partial charge in [0.25, 0.3) is 0 Å². The maximum Gasteiger partial charge on any atom is 0.0780 e. The zero-order chi connectivity index (χ0) is 11.4. The van der Waals surface area contributed by atoms with E-state index >= 15 is 0 Å². The quantitative estimate of drug-likeness (QED) is 0.678. The molecule has 4 nitrogen and oxygen atoms in total. The van der Waals surface area contributed by atoms with Crippen LogP contribution in [0.5, 0.6) is 0 Å². The first-order valence-electron chi connectivity index (χ1n) is 5.06. The van der Waals surface area contributed by atoms with Crippen molar-refractivity contribution in [2.24, 2.45) is 0 Å². The molecule has 2 atom stereocenters. The maximum absolute atomic E-state index is 8.11. The van der Waals surface area contributed by atoms with Crippen LogP contribution in [0.1, 0.15) is 27.7 Å². The number of hydrogen-bond donors (Lipinski definition) is 2. The van der Waals surface area contributed by atoms with Gasteiger partial charge in [-0.25, -0.2) is 0 Å². The Balaban J connectivity index is 0. The summed E-state index contributed by atoms with van der Waals surface area (Å²) in [5.41, 5.74) is 0. The van der Waals surface area contributed by atoms with Gasteiger partial charge >= 0.3 is 0 Å². The fraction of sp³-hybridized carbons (Fsp3) is 1.00. The Labute approximate surface area is 86.8 Å². The van der Waals surface area contributed by atoms with Crippen LogP contribution in [0.4, 0.5) is 0 Å². The molecule has 2 N–H and O–H groups in total. The van der Waals surface area contributed by atoms with Crippen molar-refractivity contribution < 1.29 is 19.7 Å². The van der Waals surface area contributed by atoms with E-state index in [0.29, 0.717) is 6.61 Å². The van der Waals surface area contributed by atoms with Crippen molar-refractivity contribution in [2.45, 2.75) is 39.9 Å². The first-order valence-corrected chi connectivity index (χ1v) is 5.06. The van der Waals surface area contributed by atoms with E-state index in [1.807, 2.05) is 20.8 Å². The van der Waals surface area contributed by atoms with E-state index in [2.05, 4.69) is 0 Å². The molecule has 4 heteroatoms. The predicted octanol–water partition coefficient (Wildman–Crippen LogP) is 0.807. The highest BCUT2D eigenvalue weighted by Crippen LogP contribution is 1.90. The smallest absolute Gasteiger partial charge is 0.0780 e. The van der Waals surface area contributed by atoms with Gasteiger partial charge in [0.15, 0.2) is 0 Å². The van der Waals surface area contributed by atoms with Crippen LogP contribution in [0.3, 0.4) is 0 Å². The zero-order valence-electron chi connectivity index (χ0n) is 9.69. The van der Waals surface area contributed by atoms with Crippen LogP contribution in [-0.4, -0.2) is 48.8 Å². The third-order valence-corrected chi connectivity index (χ3v) is 1.27. The van der Waals surface area contributed by atoms with E-state index in [9.17, 15) is 0 Å². The standard InChI is InChI=1S/C7H16O2.C3H8O2/c1-4-8-6-7(3)9-5-2;1-3(5)2-4/h7H,4-6H2,1-3H3;3-5H,2H2,1H3. The molecular formula is C10H24O4. The summed E-state index contributed by atoms with van der Waals surface area (Å²) in [7, 11) is 0. The third kappa shape index (κ3) is 17.8. The van der Waals surface area contributed by atoms with E-state index in [1.54, 1.807) is 0 Å². The molecule has 0 saturated carbocycles. The topological polar surface area (TPSA) is 58.9 Å². The Hall–Kier alpha value is -0.160. The van der Waals surface area contributed by atoms with Crippen LogP contribution in [0, 0.1) is 0 Å². The number of rotatable bonds is 6. The summed E-state index contributed by atoms with van der Waals surface area (Å²) in [6.45, 7) is 9.64. The number of ether oxygens (including phenoxy) is 2. The highest BCUT2D eigenvalue weighted by atomic mass is 16.5. The Morgan fingerprint density at radius 1 is 1.14 bits per heavy atom. The van der Waals surface area contributed by atoms with Gasteiger partial charge in [0.05, 0.1) is 25.4 Å². The highest BCUT2D eigenvalue weighted by molar-refractivity contribution is 4.44. The first-order chi connectivity index (χ1) is 6.58. The van der Waals surface area contributed by atoms with Crippen LogP contribution < -0.4 is 0 Å². The summed E-state index contributed by atoms with van der Waals surface area (Å²) >= 11 is 0. The molecule has 14 heavy (non-hydrogen) atoms. The zero-order valence-corrected chi connectivity index (χ0v) is 9.69. The minimum atomic E-state index is -0.560. The molecule has 0 saturated heterocycles. The van der Waals surface area contributed by atoms with Crippen molar-refractivity contribution in [2.75, 3.05) is 26.4 Å². The van der Waals surface area contributed by atoms with Crippen LogP contribution in [0.25, 0.3) is 0 Å². The van der Waals surface area contributed by atoms with E-state index < -0.39 is 6.10 Å². The van der Waals surface area contributed by atoms with Crippen molar-refractivity contribution in [3.8, 4) is 0 Å². The molecule has 0 fully saturated rings. The van der Waals surface area contributed by atoms with Crippen molar-refractivity contribution in [3.05, 3.63) is 0 Å². The largest absolute Gasteiger partial charge is 0.394 e. The maximum atomic E-state index is 8.11. The molecule has 0 amide bonds. The molecule has 2 unspecified atom stereocenters. The van der Waals surface area contributed by atoms with E-state index in [4.69, 9.17) is 19.7 Å². The molecular weight excluding hydrogens is 184 g/mol. The Kier molecular flexibility index (Phi) is 14.9. The second-order valence-electron chi connectivity index (χ2n) is 2.96. The van der Waals surface area contributed by atoms with Crippen molar-refractivity contribution >= 4 is 0 Å². The average molecular weight is 208 g/mol. The van der Waals surface area contributed by atoms with Crippen molar-refractivity contribution in [3.63, 3.8) is 0 Å². The van der Waals surface area contributed by atoms with Gasteiger partial charge < -0.3 is 19.7 Å². The summed E-state index contributed by atoms with van der Waals surface area (Å²) in [4.78, 5) is 0. The molecule has 0 aliphatic carbocycles. The van der Waals surface area contributed by atoms with Gasteiger partial charge in [-0.05, 0) is 27.7 Å². The monoisotopic (exact) mass is 208 g/mol. The van der Waals surface area contributed by atoms with Gasteiger partial charge in [0.1, 0.15) is 0 Å². The van der Waals surface area contributed by atoms with Crippen LogP contribution >= 0.6 is 0 Å². The third-order valence-electron chi connectivity index (χ3n) is 1.27. The van der Waals surface area contributed by atoms with Gasteiger partial charge in [-0.1, -0.05) is 0 Å². The highest BCUT2D eigenvalue weighted by Gasteiger charge is 1.97. The summed E-state index contributed by atoms with van der Waals surface area (Å²) in [5, 5.41) is 16.0. The number of hydrogen-bond acceptors (Lipinski definition) is 4. The molecule has 0 aromatic heterocycles. The van der Waals surface area contributed by atoms with Gasteiger partial charge in [0.2, 0.25) is 0 Å². The Morgan fingerprint density at radius 2 is 1.64 bits per heavy atom. The van der Waals surface area contributed by atoms with Gasteiger partial charge in [0, 0.05) is 13.2 Å². The van der Waals surface area contributed by atoms with Crippen LogP contribution in [0.2, 0.25) is 0 Å². The lowest BCUT2D eigenvalue weighted by molar-refractivity contribution is 0.00215. The predicted molar refractivity (Wildman–Crippen MR) is 56.3 cm³/mol. The molecule has 0 aromatic rings. The SMILES string of the molecule is CC(O)CO.CCOCC(C)OCC. The Morgan fingerprint density at radius 3 is 1.93 bits per heavy atom. The molecule has 0 aromatic carbocycles. The normalized spacial score (nSPS) is 14.1. The molecule has 0 radical (unpaired) electrons. The lowest BCUT2D eigenvalue weighted by Crippen LogP contribution is -2.15. The van der Waals surface area contributed by atoms with E-state index in [0.717, 1.165) is 13.2 Å². The van der Waals surface area contributed by atoms with E-state index in [-0.39, 0.29) is 12.7 Å². The number of aliphatic hydroxyl groups excluding tert-OH is 2. The lowest BCUT2D eigenvalue weighted by atomic mass is 10.4. The summed E-state index contributed by atoms with van der Waals surface area (Å²) in [6.07, 6.45) is -0.315. The molecule has 0 rings (SSSR count). The first kappa shape index (κ1) is 16.3. The van der Waals surface area contributed by atoms with Crippen LogP contribution in [-0.2, 0) is 9.47 Å². The van der Waals surface area contributed by atoms with Crippen LogP contribution in [0.15, 0.2) is 0 Å². The summed E-state index contributed by atoms with van der Waals surface area (Å²) in [5.74, 6) is 0. The van der Waals surface area contributed by atoms with Gasteiger partial charge in [-0.2, -0.15) is 0 Å². The molecule has 0 bridgehead atoms. The van der Waals surface area contributed by atoms with Crippen molar-refractivity contribution in [1.82, 2.24) is 0 Å². The summed E-state index contributed by atoms with van der Waals surface area (Å²) < 4.78 is 10.3. The average Bonchev–Trinajstić information content (AvgIpc) is 2.16. The molecule has 0 heterocycles. The minimum absolute atomic E-state index is 0.139. The molecule has 0 aliphatic heterocycles. The Bertz CT molecular complexity index is 96.1. The second-order valence-corrected chi connectivity index (χ2v) is 2.96. The molecule has 0 aliphatic rings. The van der Waals surface area contributed by atoms with E-state index in [1.165, 1.54) is 6.92 Å². The van der Waals surface area contributed by atoms with Gasteiger partial charge in [-0.15, -0.1) is 0 Å². The molecule has 0 spiro atoms. The lowest BCUT2D eigenvalue weighted by Gasteiger charge is -2.09. The van der Waals surface area contributed by atoms with Gasteiger partial charge in [-0.3, -0.25) is 0 Å².